The molecule has 0 aromatic heterocycles. The van der Waals surface area contributed by atoms with Crippen molar-refractivity contribution in [3.8, 4) is 0 Å². The summed E-state index contributed by atoms with van der Waals surface area (Å²) in [6.07, 6.45) is 9.84. The van der Waals surface area contributed by atoms with Gasteiger partial charge in [-0.2, -0.15) is 0 Å². The molecule has 0 saturated heterocycles. The number of amides is 1. The van der Waals surface area contributed by atoms with Gasteiger partial charge in [-0.3, -0.25) is 4.79 Å². The van der Waals surface area contributed by atoms with Crippen LogP contribution in [0.2, 0.25) is 0 Å². The Balaban J connectivity index is 0. The van der Waals surface area contributed by atoms with Crippen LogP contribution in [-0.4, -0.2) is 24.9 Å². The summed E-state index contributed by atoms with van der Waals surface area (Å²) in [7, 11) is 3.56. The van der Waals surface area contributed by atoms with Gasteiger partial charge in [0.2, 0.25) is 5.91 Å². The van der Waals surface area contributed by atoms with E-state index in [1.54, 1.807) is 19.0 Å². The number of nitrogens with zero attached hydrogens (tertiary/aromatic N) is 1. The van der Waals surface area contributed by atoms with Crippen LogP contribution in [0.1, 0.15) is 47.5 Å². The van der Waals surface area contributed by atoms with Gasteiger partial charge in [-0.25, -0.2) is 0 Å². The summed E-state index contributed by atoms with van der Waals surface area (Å²) in [4.78, 5) is 13.3. The number of carbonyl (C=O) groups is 1. The summed E-state index contributed by atoms with van der Waals surface area (Å²) >= 11 is 0. The quantitative estimate of drug-likeness (QED) is 0.714. The second-order valence-electron chi connectivity index (χ2n) is 3.59. The molecule has 0 N–H and O–H groups in total. The second-order valence-corrected chi connectivity index (χ2v) is 3.59. The smallest absolute Gasteiger partial charge is 0.249 e. The van der Waals surface area contributed by atoms with Gasteiger partial charge >= 0.3 is 0 Å². The summed E-state index contributed by atoms with van der Waals surface area (Å²) in [5, 5.41) is 0. The monoisotopic (exact) mass is 251 g/mol. The van der Waals surface area contributed by atoms with Crippen LogP contribution in [0.15, 0.2) is 35.5 Å². The molecule has 0 fully saturated rings. The van der Waals surface area contributed by atoms with Gasteiger partial charge < -0.3 is 4.90 Å². The van der Waals surface area contributed by atoms with Gasteiger partial charge in [-0.15, -0.1) is 0 Å². The van der Waals surface area contributed by atoms with Crippen LogP contribution in [0, 0.1) is 0 Å². The zero-order chi connectivity index (χ0) is 14.6. The first-order valence-electron chi connectivity index (χ1n) is 6.93. The average molecular weight is 251 g/mol. The highest BCUT2D eigenvalue weighted by molar-refractivity contribution is 5.93. The Bertz CT molecular complexity index is 309. The van der Waals surface area contributed by atoms with Gasteiger partial charge in [0.15, 0.2) is 0 Å². The molecule has 0 saturated carbocycles. The summed E-state index contributed by atoms with van der Waals surface area (Å²) in [5.41, 5.74) is 2.13. The molecule has 0 heterocycles. The Labute approximate surface area is 113 Å². The van der Waals surface area contributed by atoms with Gasteiger partial charge in [-0.05, 0) is 18.4 Å². The van der Waals surface area contributed by atoms with Crippen molar-refractivity contribution in [2.24, 2.45) is 0 Å². The van der Waals surface area contributed by atoms with E-state index in [9.17, 15) is 4.79 Å². The Kier molecular flexibility index (Phi) is 12.9. The minimum atomic E-state index is 0.100. The van der Waals surface area contributed by atoms with Crippen molar-refractivity contribution in [3.63, 3.8) is 0 Å². The largest absolute Gasteiger partial charge is 0.345 e. The van der Waals surface area contributed by atoms with Crippen molar-refractivity contribution < 1.29 is 4.79 Å². The molecule has 1 aliphatic carbocycles. The molecule has 2 heteroatoms. The first-order valence-corrected chi connectivity index (χ1v) is 6.93. The van der Waals surface area contributed by atoms with E-state index >= 15 is 0 Å². The number of allylic oxidation sites excluding steroid dienone is 5. The van der Waals surface area contributed by atoms with Crippen LogP contribution in [0.3, 0.4) is 0 Å². The first kappa shape index (κ1) is 19.0. The molecule has 0 radical (unpaired) electrons. The Morgan fingerprint density at radius 1 is 1.17 bits per heavy atom. The van der Waals surface area contributed by atoms with E-state index in [4.69, 9.17) is 0 Å². The third-order valence-electron chi connectivity index (χ3n) is 2.26. The van der Waals surface area contributed by atoms with Gasteiger partial charge in [0.1, 0.15) is 0 Å². The maximum Gasteiger partial charge on any atom is 0.249 e. The fourth-order valence-corrected chi connectivity index (χ4v) is 1.35. The lowest BCUT2D eigenvalue weighted by Gasteiger charge is -2.11. The number of hydrogen-bond acceptors (Lipinski definition) is 1. The van der Waals surface area contributed by atoms with E-state index in [-0.39, 0.29) is 5.91 Å². The third-order valence-corrected chi connectivity index (χ3v) is 2.26. The lowest BCUT2D eigenvalue weighted by Crippen LogP contribution is -2.23. The molecule has 0 aromatic carbocycles. The normalized spacial score (nSPS) is 12.8. The highest BCUT2D eigenvalue weighted by Crippen LogP contribution is 2.14. The maximum absolute atomic E-state index is 11.6. The van der Waals surface area contributed by atoms with E-state index in [0.29, 0.717) is 0 Å². The van der Waals surface area contributed by atoms with Crippen LogP contribution in [0.4, 0.5) is 0 Å². The molecule has 0 bridgehead atoms. The maximum atomic E-state index is 11.6. The molecule has 104 valence electrons. The highest BCUT2D eigenvalue weighted by Gasteiger charge is 2.10. The van der Waals surface area contributed by atoms with Gasteiger partial charge in [0, 0.05) is 19.7 Å². The van der Waals surface area contributed by atoms with Crippen LogP contribution < -0.4 is 0 Å². The number of rotatable bonds is 2. The summed E-state index contributed by atoms with van der Waals surface area (Å²) in [6, 6.07) is 0. The molecule has 1 amide bonds. The van der Waals surface area contributed by atoms with Crippen molar-refractivity contribution in [3.05, 3.63) is 35.5 Å². The van der Waals surface area contributed by atoms with Gasteiger partial charge in [0.05, 0.1) is 0 Å². The highest BCUT2D eigenvalue weighted by atomic mass is 16.2. The molecular weight excluding hydrogens is 222 g/mol. The van der Waals surface area contributed by atoms with Crippen LogP contribution in [0.5, 0.6) is 0 Å². The van der Waals surface area contributed by atoms with E-state index in [2.05, 4.69) is 19.1 Å². The van der Waals surface area contributed by atoms with Crippen molar-refractivity contribution in [1.82, 2.24) is 4.90 Å². The zero-order valence-corrected chi connectivity index (χ0v) is 13.1. The molecule has 0 aromatic rings. The molecule has 0 atom stereocenters. The Hall–Kier alpha value is -1.31. The minimum Gasteiger partial charge on any atom is -0.345 e. The summed E-state index contributed by atoms with van der Waals surface area (Å²) in [6.45, 7) is 10.1. The standard InChI is InChI=1S/C12H17NO.2C2H6/c1-4-10-6-5-7-11(9-8-10)12(14)13(2)3;2*1-2/h5-6,8-9H,4,7H2,1-3H3;2*1-2H3. The van der Waals surface area contributed by atoms with Crippen molar-refractivity contribution >= 4 is 5.91 Å². The molecule has 2 nitrogen and oxygen atoms in total. The minimum absolute atomic E-state index is 0.100. The van der Waals surface area contributed by atoms with Crippen LogP contribution in [0.25, 0.3) is 0 Å². The van der Waals surface area contributed by atoms with Crippen LogP contribution >= 0.6 is 0 Å². The lowest BCUT2D eigenvalue weighted by atomic mass is 10.1. The molecular formula is C16H29NO. The van der Waals surface area contributed by atoms with E-state index in [1.807, 2.05) is 39.8 Å². The molecule has 0 unspecified atom stereocenters. The Morgan fingerprint density at radius 2 is 1.72 bits per heavy atom. The average Bonchev–Trinajstić information content (AvgIpc) is 2.67. The molecule has 0 aliphatic heterocycles. The predicted octanol–water partition coefficient (Wildman–Crippen LogP) is 4.35. The fraction of sp³-hybridized carbons (Fsp3) is 0.562. The predicted molar refractivity (Wildman–Crippen MR) is 81.6 cm³/mol. The fourth-order valence-electron chi connectivity index (χ4n) is 1.35. The van der Waals surface area contributed by atoms with Crippen molar-refractivity contribution in [2.45, 2.75) is 47.5 Å². The van der Waals surface area contributed by atoms with Crippen LogP contribution in [-0.2, 0) is 4.79 Å². The first-order chi connectivity index (χ1) is 8.65. The number of likely N-dealkylation sites (N-methyl/N-ethyl adjacent to an activating group) is 1. The molecule has 0 spiro atoms. The summed E-state index contributed by atoms with van der Waals surface area (Å²) < 4.78 is 0. The van der Waals surface area contributed by atoms with Crippen molar-refractivity contribution in [2.75, 3.05) is 14.1 Å². The lowest BCUT2D eigenvalue weighted by molar-refractivity contribution is -0.124. The van der Waals surface area contributed by atoms with E-state index in [1.165, 1.54) is 5.57 Å². The number of carbonyl (C=O) groups excluding carboxylic acids is 1. The van der Waals surface area contributed by atoms with Gasteiger partial charge in [0.25, 0.3) is 0 Å². The molecule has 1 rings (SSSR count). The third kappa shape index (κ3) is 7.10. The topological polar surface area (TPSA) is 20.3 Å². The van der Waals surface area contributed by atoms with E-state index < -0.39 is 0 Å². The SMILES string of the molecule is CC.CC.CCC1=CC=C(C(=O)N(C)C)CC=C1. The Morgan fingerprint density at radius 3 is 2.17 bits per heavy atom. The van der Waals surface area contributed by atoms with E-state index in [0.717, 1.165) is 18.4 Å². The molecule has 1 aliphatic rings. The zero-order valence-electron chi connectivity index (χ0n) is 13.1. The second kappa shape index (κ2) is 12.2. The van der Waals surface area contributed by atoms with Crippen molar-refractivity contribution in [1.29, 1.82) is 0 Å². The number of hydrogen-bond donors (Lipinski definition) is 0. The molecule has 18 heavy (non-hydrogen) atoms. The summed E-state index contributed by atoms with van der Waals surface area (Å²) in [5.74, 6) is 0.100. The van der Waals surface area contributed by atoms with Gasteiger partial charge in [-0.1, -0.05) is 58.9 Å².